The van der Waals surface area contributed by atoms with Crippen LogP contribution in [-0.4, -0.2) is 46.0 Å². The van der Waals surface area contributed by atoms with Crippen molar-refractivity contribution in [1.29, 1.82) is 0 Å². The van der Waals surface area contributed by atoms with E-state index >= 15 is 0 Å². The van der Waals surface area contributed by atoms with Gasteiger partial charge in [0, 0.05) is 23.0 Å². The maximum atomic E-state index is 13.8. The number of carboxylic acids is 1. The molecule has 0 bridgehead atoms. The molecule has 2 aliphatic rings. The summed E-state index contributed by atoms with van der Waals surface area (Å²) in [6.07, 6.45) is 0.383. The number of H-pyrrole nitrogens is 1. The number of hydrogen-bond acceptors (Lipinski definition) is 4. The Bertz CT molecular complexity index is 1510. The van der Waals surface area contributed by atoms with Gasteiger partial charge >= 0.3 is 12.0 Å². The van der Waals surface area contributed by atoms with Crippen molar-refractivity contribution in [2.24, 2.45) is 0 Å². The van der Waals surface area contributed by atoms with Crippen molar-refractivity contribution in [2.45, 2.75) is 18.5 Å². The summed E-state index contributed by atoms with van der Waals surface area (Å²) < 4.78 is 5.43. The summed E-state index contributed by atoms with van der Waals surface area (Å²) in [5.74, 6) is -0.750. The summed E-state index contributed by atoms with van der Waals surface area (Å²) in [7, 11) is 1.59. The summed E-state index contributed by atoms with van der Waals surface area (Å²) in [6.45, 7) is 0. The van der Waals surface area contributed by atoms with Crippen LogP contribution in [0.2, 0.25) is 0 Å². The number of imide groups is 1. The van der Waals surface area contributed by atoms with Gasteiger partial charge in [0.25, 0.3) is 5.91 Å². The lowest BCUT2D eigenvalue weighted by Crippen LogP contribution is -2.44. The van der Waals surface area contributed by atoms with Gasteiger partial charge in [0.1, 0.15) is 17.8 Å². The Morgan fingerprint density at radius 3 is 2.54 bits per heavy atom. The van der Waals surface area contributed by atoms with Crippen molar-refractivity contribution in [3.63, 3.8) is 0 Å². The highest BCUT2D eigenvalue weighted by molar-refractivity contribution is 6.22. The number of rotatable bonds is 4. The van der Waals surface area contributed by atoms with Crippen molar-refractivity contribution in [3.8, 4) is 5.75 Å². The minimum absolute atomic E-state index is 0.0845. The van der Waals surface area contributed by atoms with E-state index in [9.17, 15) is 19.5 Å². The van der Waals surface area contributed by atoms with E-state index in [1.165, 1.54) is 24.3 Å². The second-order valence-electron chi connectivity index (χ2n) is 8.68. The number of benzene rings is 3. The molecular formula is C27H21N3O5. The summed E-state index contributed by atoms with van der Waals surface area (Å²) in [5.41, 5.74) is 4.09. The molecule has 1 fully saturated rings. The van der Waals surface area contributed by atoms with E-state index in [1.807, 2.05) is 48.5 Å². The Morgan fingerprint density at radius 1 is 1.03 bits per heavy atom. The van der Waals surface area contributed by atoms with E-state index in [2.05, 4.69) is 4.98 Å². The molecule has 0 saturated carbocycles. The number of amides is 3. The molecule has 0 unspecified atom stereocenters. The van der Waals surface area contributed by atoms with Gasteiger partial charge in [-0.15, -0.1) is 0 Å². The number of methoxy groups -OCH3 is 1. The first-order valence-corrected chi connectivity index (χ1v) is 11.2. The van der Waals surface area contributed by atoms with Gasteiger partial charge in [-0.3, -0.25) is 9.69 Å². The van der Waals surface area contributed by atoms with Crippen LogP contribution >= 0.6 is 0 Å². The van der Waals surface area contributed by atoms with Crippen LogP contribution in [0.4, 0.5) is 10.5 Å². The number of aromatic nitrogens is 1. The Labute approximate surface area is 200 Å². The second-order valence-corrected chi connectivity index (χ2v) is 8.68. The normalized spacial score (nSPS) is 19.1. The number of aromatic amines is 1. The van der Waals surface area contributed by atoms with Crippen LogP contribution in [0.1, 0.15) is 33.2 Å². The Hall–Kier alpha value is -4.59. The van der Waals surface area contributed by atoms with E-state index in [0.717, 1.165) is 32.6 Å². The highest BCUT2D eigenvalue weighted by Crippen LogP contribution is 2.45. The Morgan fingerprint density at radius 2 is 1.80 bits per heavy atom. The molecule has 3 aromatic carbocycles. The quantitative estimate of drug-likeness (QED) is 0.434. The van der Waals surface area contributed by atoms with Crippen molar-refractivity contribution in [2.75, 3.05) is 12.0 Å². The third-order valence-electron chi connectivity index (χ3n) is 6.83. The molecule has 0 spiro atoms. The van der Waals surface area contributed by atoms with Crippen LogP contribution in [0.3, 0.4) is 0 Å². The maximum absolute atomic E-state index is 13.8. The SMILES string of the molecule is COc1cccc([C@H]2c3[nH]c4ccccc4c3C[C@H]3C(=O)N(c4ccc(C(=O)O)cc4)C(=O)N23)c1. The van der Waals surface area contributed by atoms with Gasteiger partial charge in [0.15, 0.2) is 0 Å². The standard InChI is InChI=1S/C27H21N3O5/c1-35-18-6-4-5-16(13-18)24-23-20(19-7-2-3-8-21(19)28-23)14-22-25(31)29(27(34)30(22)24)17-11-9-15(10-12-17)26(32)33/h2-13,22,24,28H,14H2,1H3,(H,32,33)/t22-,24-/m0/s1. The summed E-state index contributed by atoms with van der Waals surface area (Å²) in [4.78, 5) is 45.0. The molecule has 8 nitrogen and oxygen atoms in total. The average molecular weight is 467 g/mol. The van der Waals surface area contributed by atoms with Gasteiger partial charge in [-0.1, -0.05) is 30.3 Å². The first-order chi connectivity index (χ1) is 17.0. The molecule has 174 valence electrons. The molecule has 3 heterocycles. The number of anilines is 1. The van der Waals surface area contributed by atoms with Gasteiger partial charge in [-0.05, 0) is 53.6 Å². The van der Waals surface area contributed by atoms with Crippen molar-refractivity contribution < 1.29 is 24.2 Å². The number of carbonyl (C=O) groups is 3. The van der Waals surface area contributed by atoms with Crippen LogP contribution in [-0.2, 0) is 11.2 Å². The molecule has 2 atom stereocenters. The Kier molecular flexibility index (Phi) is 4.63. The molecule has 6 rings (SSSR count). The number of ether oxygens (including phenoxy) is 1. The summed E-state index contributed by atoms with van der Waals surface area (Å²) in [5, 5.41) is 10.2. The van der Waals surface area contributed by atoms with Crippen LogP contribution in [0, 0.1) is 0 Å². The molecule has 35 heavy (non-hydrogen) atoms. The van der Waals surface area contributed by atoms with Crippen molar-refractivity contribution in [1.82, 2.24) is 9.88 Å². The van der Waals surface area contributed by atoms with Gasteiger partial charge in [-0.25, -0.2) is 14.5 Å². The molecule has 4 aromatic rings. The number of carbonyl (C=O) groups excluding carboxylic acids is 2. The molecule has 0 aliphatic carbocycles. The lowest BCUT2D eigenvalue weighted by molar-refractivity contribution is -0.120. The fourth-order valence-corrected chi connectivity index (χ4v) is 5.22. The summed E-state index contributed by atoms with van der Waals surface area (Å²) in [6, 6.07) is 19.5. The van der Waals surface area contributed by atoms with Crippen LogP contribution in [0.25, 0.3) is 10.9 Å². The second kappa shape index (κ2) is 7.73. The van der Waals surface area contributed by atoms with Gasteiger partial charge in [0.05, 0.1) is 18.4 Å². The number of hydrogen-bond donors (Lipinski definition) is 2. The topological polar surface area (TPSA) is 103 Å². The number of fused-ring (bicyclic) bond motifs is 4. The first kappa shape index (κ1) is 21.0. The average Bonchev–Trinajstić information content (AvgIpc) is 3.37. The zero-order valence-corrected chi connectivity index (χ0v) is 18.8. The molecule has 0 radical (unpaired) electrons. The van der Waals surface area contributed by atoms with Crippen molar-refractivity contribution in [3.05, 3.63) is 95.2 Å². The number of urea groups is 1. The van der Waals surface area contributed by atoms with Gasteiger partial charge < -0.3 is 14.8 Å². The lowest BCUT2D eigenvalue weighted by Gasteiger charge is -2.36. The maximum Gasteiger partial charge on any atom is 0.335 e. The lowest BCUT2D eigenvalue weighted by atomic mass is 9.89. The molecule has 1 saturated heterocycles. The highest BCUT2D eigenvalue weighted by Gasteiger charge is 2.53. The number of nitrogens with one attached hydrogen (secondary N) is 1. The molecular weight excluding hydrogens is 446 g/mol. The van der Waals surface area contributed by atoms with Crippen LogP contribution in [0.15, 0.2) is 72.8 Å². The Balaban J connectivity index is 1.51. The molecule has 2 N–H and O–H groups in total. The largest absolute Gasteiger partial charge is 0.497 e. The third kappa shape index (κ3) is 3.10. The molecule has 2 aliphatic heterocycles. The van der Waals surface area contributed by atoms with Gasteiger partial charge in [0.2, 0.25) is 0 Å². The third-order valence-corrected chi connectivity index (χ3v) is 6.83. The zero-order valence-electron chi connectivity index (χ0n) is 18.8. The van der Waals surface area contributed by atoms with Crippen LogP contribution < -0.4 is 9.64 Å². The minimum Gasteiger partial charge on any atom is -0.497 e. The number of aromatic carboxylic acids is 1. The van der Waals surface area contributed by atoms with Crippen molar-refractivity contribution >= 4 is 34.5 Å². The minimum atomic E-state index is -1.07. The fourth-order valence-electron chi connectivity index (χ4n) is 5.22. The zero-order chi connectivity index (χ0) is 24.3. The van der Waals surface area contributed by atoms with E-state index < -0.39 is 24.1 Å². The predicted molar refractivity (Wildman–Crippen MR) is 129 cm³/mol. The smallest absolute Gasteiger partial charge is 0.335 e. The van der Waals surface area contributed by atoms with Gasteiger partial charge in [-0.2, -0.15) is 0 Å². The van der Waals surface area contributed by atoms with Crippen LogP contribution in [0.5, 0.6) is 5.75 Å². The molecule has 8 heteroatoms. The predicted octanol–water partition coefficient (Wildman–Crippen LogP) is 4.36. The van der Waals surface area contributed by atoms with E-state index in [-0.39, 0.29) is 11.5 Å². The molecule has 3 amide bonds. The number of nitrogens with zero attached hydrogens (tertiary/aromatic N) is 2. The van der Waals surface area contributed by atoms with E-state index in [1.54, 1.807) is 12.0 Å². The highest BCUT2D eigenvalue weighted by atomic mass is 16.5. The summed E-state index contributed by atoms with van der Waals surface area (Å²) >= 11 is 0. The first-order valence-electron chi connectivity index (χ1n) is 11.2. The fraction of sp³-hybridized carbons (Fsp3) is 0.148. The molecule has 1 aromatic heterocycles. The number of para-hydroxylation sites is 1. The van der Waals surface area contributed by atoms with E-state index in [4.69, 9.17) is 4.74 Å². The monoisotopic (exact) mass is 467 g/mol. The number of carboxylic acid groups (broad SMARTS) is 1. The van der Waals surface area contributed by atoms with E-state index in [0.29, 0.717) is 17.9 Å².